The van der Waals surface area contributed by atoms with Crippen molar-refractivity contribution in [1.82, 2.24) is 0 Å². The van der Waals surface area contributed by atoms with E-state index in [1.54, 1.807) is 0 Å². The molecular formula is C36H61O13P. The third kappa shape index (κ3) is 20.6. The van der Waals surface area contributed by atoms with Crippen LogP contribution in [0.1, 0.15) is 110 Å². The number of esters is 2. The van der Waals surface area contributed by atoms with Crippen LogP contribution < -0.4 is 0 Å². The zero-order valence-electron chi connectivity index (χ0n) is 29.7. The molecule has 50 heavy (non-hydrogen) atoms. The van der Waals surface area contributed by atoms with Crippen molar-refractivity contribution in [1.29, 1.82) is 0 Å². The maximum atomic E-state index is 12.7. The van der Waals surface area contributed by atoms with Gasteiger partial charge in [-0.05, 0) is 38.5 Å². The van der Waals surface area contributed by atoms with Crippen LogP contribution in [0.25, 0.3) is 0 Å². The second-order valence-corrected chi connectivity index (χ2v) is 13.8. The Kier molecular flexibility index (Phi) is 25.2. The van der Waals surface area contributed by atoms with Crippen LogP contribution in [-0.4, -0.2) is 98.3 Å². The van der Waals surface area contributed by atoms with Gasteiger partial charge in [0.2, 0.25) is 0 Å². The summed E-state index contributed by atoms with van der Waals surface area (Å²) in [5.41, 5.74) is 0. The molecule has 0 radical (unpaired) electrons. The molecule has 288 valence electrons. The fourth-order valence-electron chi connectivity index (χ4n) is 5.00. The van der Waals surface area contributed by atoms with Crippen LogP contribution in [0.5, 0.6) is 0 Å². The van der Waals surface area contributed by atoms with Crippen molar-refractivity contribution in [3.63, 3.8) is 0 Å². The van der Waals surface area contributed by atoms with Crippen LogP contribution in [0, 0.1) is 0 Å². The van der Waals surface area contributed by atoms with Gasteiger partial charge in [-0.2, -0.15) is 0 Å². The van der Waals surface area contributed by atoms with Gasteiger partial charge in [-0.3, -0.25) is 18.6 Å². The van der Waals surface area contributed by atoms with E-state index in [4.69, 9.17) is 18.5 Å². The van der Waals surface area contributed by atoms with Crippen LogP contribution in [0.3, 0.4) is 0 Å². The number of hydrogen-bond donors (Lipinski definition) is 6. The minimum absolute atomic E-state index is 0.0250. The third-order valence-electron chi connectivity index (χ3n) is 7.95. The SMILES string of the molecule is CC/C=C\C/C=C\C/C=C\C/C=C\CCC(=O)OC(COC(=O)CCCCCCCCCC)COP(=O)(O)OC1C(O)C(O)C(O)C(O)C1O. The van der Waals surface area contributed by atoms with Crippen molar-refractivity contribution in [2.24, 2.45) is 0 Å². The molecule has 1 rings (SSSR count). The Labute approximate surface area is 297 Å². The summed E-state index contributed by atoms with van der Waals surface area (Å²) in [6.45, 7) is 3.02. The Balaban J connectivity index is 2.64. The Morgan fingerprint density at radius 3 is 1.70 bits per heavy atom. The lowest BCUT2D eigenvalue weighted by Gasteiger charge is -2.41. The number of allylic oxidation sites excluding steroid dienone is 8. The molecule has 0 amide bonds. The molecule has 0 aliphatic heterocycles. The Hall–Kier alpha value is -2.19. The monoisotopic (exact) mass is 732 g/mol. The van der Waals surface area contributed by atoms with Gasteiger partial charge in [0.1, 0.15) is 43.2 Å². The first-order chi connectivity index (χ1) is 23.9. The number of hydrogen-bond acceptors (Lipinski definition) is 12. The molecule has 0 bridgehead atoms. The minimum Gasteiger partial charge on any atom is -0.462 e. The van der Waals surface area contributed by atoms with Gasteiger partial charge in [0.05, 0.1) is 6.61 Å². The largest absolute Gasteiger partial charge is 0.472 e. The van der Waals surface area contributed by atoms with Gasteiger partial charge >= 0.3 is 19.8 Å². The number of phosphoric ester groups is 1. The average Bonchev–Trinajstić information content (AvgIpc) is 3.09. The van der Waals surface area contributed by atoms with E-state index in [9.17, 15) is 44.6 Å². The summed E-state index contributed by atoms with van der Waals surface area (Å²) >= 11 is 0. The predicted molar refractivity (Wildman–Crippen MR) is 189 cm³/mol. The number of carbonyl (C=O) groups is 2. The number of rotatable bonds is 27. The average molecular weight is 733 g/mol. The summed E-state index contributed by atoms with van der Waals surface area (Å²) in [6, 6.07) is 0. The summed E-state index contributed by atoms with van der Waals surface area (Å²) in [4.78, 5) is 35.2. The zero-order valence-corrected chi connectivity index (χ0v) is 30.6. The van der Waals surface area contributed by atoms with Gasteiger partial charge in [-0.15, -0.1) is 0 Å². The van der Waals surface area contributed by atoms with Crippen LogP contribution >= 0.6 is 7.82 Å². The third-order valence-corrected chi connectivity index (χ3v) is 8.93. The van der Waals surface area contributed by atoms with Gasteiger partial charge in [-0.1, -0.05) is 107 Å². The molecule has 6 atom stereocenters. The lowest BCUT2D eigenvalue weighted by molar-refractivity contribution is -0.220. The molecule has 0 aromatic carbocycles. The molecule has 1 aliphatic rings. The van der Waals surface area contributed by atoms with Gasteiger partial charge in [0, 0.05) is 12.8 Å². The molecule has 0 aromatic heterocycles. The maximum absolute atomic E-state index is 12.7. The first kappa shape index (κ1) is 45.8. The van der Waals surface area contributed by atoms with Crippen LogP contribution in [0.15, 0.2) is 48.6 Å². The molecule has 0 heterocycles. The molecule has 14 heteroatoms. The summed E-state index contributed by atoms with van der Waals surface area (Å²) in [7, 11) is -5.12. The summed E-state index contributed by atoms with van der Waals surface area (Å²) in [5.74, 6) is -1.21. The molecule has 1 saturated carbocycles. The number of aliphatic hydroxyl groups is 5. The van der Waals surface area contributed by atoms with Crippen molar-refractivity contribution in [2.45, 2.75) is 153 Å². The Morgan fingerprint density at radius 2 is 1.14 bits per heavy atom. The van der Waals surface area contributed by atoms with Crippen molar-refractivity contribution < 1.29 is 63.1 Å². The van der Waals surface area contributed by atoms with Crippen LogP contribution in [-0.2, 0) is 32.7 Å². The Bertz CT molecular complexity index is 1080. The highest BCUT2D eigenvalue weighted by Gasteiger charge is 2.51. The fourth-order valence-corrected chi connectivity index (χ4v) is 5.98. The maximum Gasteiger partial charge on any atom is 0.472 e. The van der Waals surface area contributed by atoms with Crippen molar-refractivity contribution in [3.8, 4) is 0 Å². The summed E-state index contributed by atoms with van der Waals surface area (Å²) in [6.07, 6.45) is 15.2. The normalized spacial score (nSPS) is 24.7. The molecule has 1 aliphatic carbocycles. The lowest BCUT2D eigenvalue weighted by atomic mass is 9.85. The van der Waals surface area contributed by atoms with Crippen LogP contribution in [0.2, 0.25) is 0 Å². The van der Waals surface area contributed by atoms with Crippen LogP contribution in [0.4, 0.5) is 0 Å². The topological polar surface area (TPSA) is 210 Å². The van der Waals surface area contributed by atoms with E-state index in [1.165, 1.54) is 19.3 Å². The fraction of sp³-hybridized carbons (Fsp3) is 0.722. The van der Waals surface area contributed by atoms with Crippen molar-refractivity contribution in [3.05, 3.63) is 48.6 Å². The number of ether oxygens (including phenoxy) is 2. The van der Waals surface area contributed by atoms with Crippen molar-refractivity contribution >= 4 is 19.8 Å². The first-order valence-electron chi connectivity index (χ1n) is 17.9. The second-order valence-electron chi connectivity index (χ2n) is 12.3. The molecule has 13 nitrogen and oxygen atoms in total. The molecule has 0 aromatic rings. The van der Waals surface area contributed by atoms with E-state index < -0.39 is 75.7 Å². The van der Waals surface area contributed by atoms with Crippen molar-refractivity contribution in [2.75, 3.05) is 13.2 Å². The van der Waals surface area contributed by atoms with E-state index >= 15 is 0 Å². The van der Waals surface area contributed by atoms with Gasteiger partial charge in [0.25, 0.3) is 0 Å². The van der Waals surface area contributed by atoms with E-state index in [2.05, 4.69) is 38.2 Å². The molecular weight excluding hydrogens is 671 g/mol. The molecule has 0 saturated heterocycles. The van der Waals surface area contributed by atoms with Gasteiger partial charge < -0.3 is 39.9 Å². The Morgan fingerprint density at radius 1 is 0.640 bits per heavy atom. The number of unbranched alkanes of at least 4 members (excludes halogenated alkanes) is 7. The zero-order chi connectivity index (χ0) is 37.2. The highest BCUT2D eigenvalue weighted by atomic mass is 31.2. The lowest BCUT2D eigenvalue weighted by Crippen LogP contribution is -2.64. The van der Waals surface area contributed by atoms with E-state index in [1.807, 2.05) is 24.3 Å². The van der Waals surface area contributed by atoms with E-state index in [0.717, 1.165) is 44.9 Å². The van der Waals surface area contributed by atoms with E-state index in [0.29, 0.717) is 19.3 Å². The molecule has 1 fully saturated rings. The highest BCUT2D eigenvalue weighted by Crippen LogP contribution is 2.47. The number of aliphatic hydroxyl groups excluding tert-OH is 5. The predicted octanol–water partition coefficient (Wildman–Crippen LogP) is 4.88. The second kappa shape index (κ2) is 27.5. The molecule has 6 N–H and O–H groups in total. The number of phosphoric acid groups is 1. The highest BCUT2D eigenvalue weighted by molar-refractivity contribution is 7.47. The summed E-state index contributed by atoms with van der Waals surface area (Å²) < 4.78 is 33.1. The quantitative estimate of drug-likeness (QED) is 0.0288. The molecule has 0 spiro atoms. The smallest absolute Gasteiger partial charge is 0.462 e. The minimum atomic E-state index is -5.12. The number of carbonyl (C=O) groups excluding carboxylic acids is 2. The summed E-state index contributed by atoms with van der Waals surface area (Å²) in [5, 5.41) is 49.8. The van der Waals surface area contributed by atoms with E-state index in [-0.39, 0.29) is 12.8 Å². The van der Waals surface area contributed by atoms with Gasteiger partial charge in [0.15, 0.2) is 6.10 Å². The standard InChI is InChI=1S/C36H61O13P/c1-3-5-7-9-11-13-14-15-16-17-19-21-23-25-30(38)48-28(26-46-29(37)24-22-20-18-12-10-8-6-4-2)27-47-50(44,45)49-36-34(42)32(40)31(39)33(41)35(36)43/h5,7,11,13,15-16,19,21,28,31-36,39-43H,3-4,6,8-10,12,14,17-18,20,22-27H2,1-2H3,(H,44,45)/b7-5-,13-11-,16-15-,21-19-. The van der Waals surface area contributed by atoms with Gasteiger partial charge in [-0.25, -0.2) is 4.57 Å². The molecule has 6 unspecified atom stereocenters. The first-order valence-corrected chi connectivity index (χ1v) is 19.4.